The van der Waals surface area contributed by atoms with Crippen molar-refractivity contribution in [3.05, 3.63) is 27.8 Å². The Bertz CT molecular complexity index is 599. The minimum atomic E-state index is -0.658. The molecule has 2 rings (SSSR count). The number of rotatable bonds is 5. The Kier molecular flexibility index (Phi) is 5.48. The third-order valence-corrected chi connectivity index (χ3v) is 3.36. The molecule has 9 nitrogen and oxygen atoms in total. The van der Waals surface area contributed by atoms with Gasteiger partial charge in [-0.25, -0.2) is 0 Å². The molecule has 1 aromatic rings. The van der Waals surface area contributed by atoms with E-state index < -0.39 is 22.5 Å². The highest BCUT2D eigenvalue weighted by Gasteiger charge is 2.24. The zero-order chi connectivity index (χ0) is 17.0. The summed E-state index contributed by atoms with van der Waals surface area (Å²) in [6.45, 7) is 1.90. The Morgan fingerprint density at radius 3 is 2.87 bits per heavy atom. The van der Waals surface area contributed by atoms with Gasteiger partial charge in [-0.2, -0.15) is 0 Å². The molecule has 1 amide bonds. The number of phenolic OH excluding ortho intramolecular Hbond substituents is 1. The molecule has 0 aromatic heterocycles. The number of nitro benzene ring substituents is 1. The van der Waals surface area contributed by atoms with Crippen LogP contribution in [-0.2, 0) is 16.1 Å². The van der Waals surface area contributed by atoms with Gasteiger partial charge in [-0.05, 0) is 19.7 Å². The van der Waals surface area contributed by atoms with Crippen LogP contribution in [0.25, 0.3) is 0 Å². The van der Waals surface area contributed by atoms with Crippen molar-refractivity contribution in [3.63, 3.8) is 0 Å². The number of benzene rings is 1. The summed E-state index contributed by atoms with van der Waals surface area (Å²) in [4.78, 5) is 24.3. The predicted molar refractivity (Wildman–Crippen MR) is 83.4 cm³/mol. The zero-order valence-electron chi connectivity index (χ0n) is 13.0. The van der Waals surface area contributed by atoms with E-state index in [1.165, 1.54) is 12.1 Å². The average Bonchev–Trinajstić information content (AvgIpc) is 2.50. The molecule has 1 unspecified atom stereocenters. The molecule has 126 valence electrons. The molecule has 9 heteroatoms. The molecule has 1 fully saturated rings. The highest BCUT2D eigenvalue weighted by Crippen LogP contribution is 2.33. The second-order valence-electron chi connectivity index (χ2n) is 5.55. The third-order valence-electron chi connectivity index (χ3n) is 3.36. The fourth-order valence-corrected chi connectivity index (χ4v) is 2.30. The molecule has 1 aliphatic heterocycles. The number of hydrogen-bond acceptors (Lipinski definition) is 7. The SMILES string of the molecule is CN(C)Cc1cc([N+](=O)[O-])c(O)cc1NC(=O)C1CNCCO1. The molecule has 0 saturated carbocycles. The van der Waals surface area contributed by atoms with Gasteiger partial charge in [-0.1, -0.05) is 0 Å². The Hall–Kier alpha value is -2.23. The normalized spacial score (nSPS) is 18.0. The minimum absolute atomic E-state index is 0.334. The van der Waals surface area contributed by atoms with Gasteiger partial charge in [0.15, 0.2) is 5.75 Å². The number of anilines is 1. The lowest BCUT2D eigenvalue weighted by molar-refractivity contribution is -0.385. The lowest BCUT2D eigenvalue weighted by Gasteiger charge is -2.23. The van der Waals surface area contributed by atoms with Crippen LogP contribution in [0.5, 0.6) is 5.75 Å². The van der Waals surface area contributed by atoms with Gasteiger partial charge in [-0.15, -0.1) is 0 Å². The molecule has 3 N–H and O–H groups in total. The van der Waals surface area contributed by atoms with Gasteiger partial charge >= 0.3 is 5.69 Å². The van der Waals surface area contributed by atoms with Crippen LogP contribution in [0.3, 0.4) is 0 Å². The van der Waals surface area contributed by atoms with Crippen molar-refractivity contribution in [1.82, 2.24) is 10.2 Å². The van der Waals surface area contributed by atoms with E-state index in [1.807, 2.05) is 4.90 Å². The van der Waals surface area contributed by atoms with Crippen molar-refractivity contribution in [2.24, 2.45) is 0 Å². The highest BCUT2D eigenvalue weighted by molar-refractivity contribution is 5.95. The first kappa shape index (κ1) is 17.1. The van der Waals surface area contributed by atoms with Crippen LogP contribution in [0.1, 0.15) is 5.56 Å². The van der Waals surface area contributed by atoms with Crippen LogP contribution in [0.4, 0.5) is 11.4 Å². The second-order valence-corrected chi connectivity index (χ2v) is 5.55. The average molecular weight is 324 g/mol. The fourth-order valence-electron chi connectivity index (χ4n) is 2.30. The van der Waals surface area contributed by atoms with E-state index in [0.717, 1.165) is 0 Å². The number of carbonyl (C=O) groups excluding carboxylic acids is 1. The maximum Gasteiger partial charge on any atom is 0.311 e. The Balaban J connectivity index is 2.26. The van der Waals surface area contributed by atoms with Crippen molar-refractivity contribution >= 4 is 17.3 Å². The summed E-state index contributed by atoms with van der Waals surface area (Å²) in [6.07, 6.45) is -0.631. The number of amides is 1. The first-order valence-electron chi connectivity index (χ1n) is 7.16. The summed E-state index contributed by atoms with van der Waals surface area (Å²) < 4.78 is 5.37. The van der Waals surface area contributed by atoms with Crippen molar-refractivity contribution in [2.75, 3.05) is 39.1 Å². The summed E-state index contributed by atoms with van der Waals surface area (Å²) in [5, 5.41) is 26.5. The Morgan fingerprint density at radius 2 is 2.30 bits per heavy atom. The quantitative estimate of drug-likeness (QED) is 0.526. The lowest BCUT2D eigenvalue weighted by atomic mass is 10.1. The number of nitrogens with one attached hydrogen (secondary N) is 2. The highest BCUT2D eigenvalue weighted by atomic mass is 16.6. The van der Waals surface area contributed by atoms with Gasteiger partial charge in [0, 0.05) is 37.5 Å². The molecule has 1 saturated heterocycles. The largest absolute Gasteiger partial charge is 0.502 e. The standard InChI is InChI=1S/C14H20N4O5/c1-17(2)8-9-5-11(18(21)22)12(19)6-10(9)16-14(20)13-7-15-3-4-23-13/h5-6,13,15,19H,3-4,7-8H2,1-2H3,(H,16,20). The molecule has 0 bridgehead atoms. The summed E-state index contributed by atoms with van der Waals surface area (Å²) in [7, 11) is 3.61. The van der Waals surface area contributed by atoms with E-state index in [4.69, 9.17) is 4.74 Å². The van der Waals surface area contributed by atoms with Crippen LogP contribution in [-0.4, -0.2) is 60.7 Å². The number of morpholine rings is 1. The molecule has 0 radical (unpaired) electrons. The van der Waals surface area contributed by atoms with E-state index in [9.17, 15) is 20.0 Å². The van der Waals surface area contributed by atoms with E-state index in [2.05, 4.69) is 10.6 Å². The monoisotopic (exact) mass is 324 g/mol. The number of hydrogen-bond donors (Lipinski definition) is 3. The van der Waals surface area contributed by atoms with Gasteiger partial charge in [0.2, 0.25) is 0 Å². The maximum absolute atomic E-state index is 12.2. The molecule has 0 aliphatic carbocycles. The lowest BCUT2D eigenvalue weighted by Crippen LogP contribution is -2.45. The van der Waals surface area contributed by atoms with Gasteiger partial charge in [0.05, 0.1) is 11.5 Å². The maximum atomic E-state index is 12.2. The van der Waals surface area contributed by atoms with E-state index >= 15 is 0 Å². The summed E-state index contributed by atoms with van der Waals surface area (Å²) in [5.74, 6) is -0.846. The first-order chi connectivity index (χ1) is 10.9. The van der Waals surface area contributed by atoms with Crippen molar-refractivity contribution in [2.45, 2.75) is 12.6 Å². The van der Waals surface area contributed by atoms with E-state index in [-0.39, 0.29) is 5.91 Å². The van der Waals surface area contributed by atoms with E-state index in [1.54, 1.807) is 14.1 Å². The van der Waals surface area contributed by atoms with E-state index in [0.29, 0.717) is 37.5 Å². The van der Waals surface area contributed by atoms with Crippen LogP contribution >= 0.6 is 0 Å². The molecule has 23 heavy (non-hydrogen) atoms. The number of phenols is 1. The predicted octanol–water partition coefficient (Wildman–Crippen LogP) is 0.289. The second kappa shape index (κ2) is 7.36. The number of carbonyl (C=O) groups is 1. The van der Waals surface area contributed by atoms with Crippen LogP contribution in [0.2, 0.25) is 0 Å². The first-order valence-corrected chi connectivity index (χ1v) is 7.16. The van der Waals surface area contributed by atoms with Crippen LogP contribution < -0.4 is 10.6 Å². The molecule has 1 atom stereocenters. The number of nitrogens with zero attached hydrogens (tertiary/aromatic N) is 2. The zero-order valence-corrected chi connectivity index (χ0v) is 13.0. The molecule has 0 spiro atoms. The van der Waals surface area contributed by atoms with Crippen molar-refractivity contribution in [1.29, 1.82) is 0 Å². The molecule has 1 aromatic carbocycles. The minimum Gasteiger partial charge on any atom is -0.502 e. The van der Waals surface area contributed by atoms with Gasteiger partial charge in [0.1, 0.15) is 6.10 Å². The summed E-state index contributed by atoms with van der Waals surface area (Å²) in [6, 6.07) is 2.47. The number of ether oxygens (including phenoxy) is 1. The van der Waals surface area contributed by atoms with Crippen LogP contribution in [0.15, 0.2) is 12.1 Å². The number of aromatic hydroxyl groups is 1. The third kappa shape index (κ3) is 4.38. The molecule has 1 heterocycles. The Labute approximate surface area is 133 Å². The van der Waals surface area contributed by atoms with Gasteiger partial charge in [-0.3, -0.25) is 14.9 Å². The summed E-state index contributed by atoms with van der Waals surface area (Å²) in [5.41, 5.74) is 0.480. The Morgan fingerprint density at radius 1 is 1.57 bits per heavy atom. The topological polar surface area (TPSA) is 117 Å². The van der Waals surface area contributed by atoms with Crippen molar-refractivity contribution in [3.8, 4) is 5.75 Å². The van der Waals surface area contributed by atoms with Gasteiger partial charge in [0.25, 0.3) is 5.91 Å². The summed E-state index contributed by atoms with van der Waals surface area (Å²) >= 11 is 0. The smallest absolute Gasteiger partial charge is 0.311 e. The van der Waals surface area contributed by atoms with Crippen LogP contribution in [0, 0.1) is 10.1 Å². The number of nitro groups is 1. The molecular formula is C14H20N4O5. The molecule has 1 aliphatic rings. The molecular weight excluding hydrogens is 304 g/mol. The fraction of sp³-hybridized carbons (Fsp3) is 0.500. The van der Waals surface area contributed by atoms with Gasteiger partial charge < -0.3 is 25.4 Å². The van der Waals surface area contributed by atoms with Crippen molar-refractivity contribution < 1.29 is 19.6 Å².